The van der Waals surface area contributed by atoms with E-state index in [0.29, 0.717) is 9.87 Å². The molecule has 0 aliphatic carbocycles. The fraction of sp³-hybridized carbons (Fsp3) is 0.125. The summed E-state index contributed by atoms with van der Waals surface area (Å²) in [6, 6.07) is 9.94. The van der Waals surface area contributed by atoms with Gasteiger partial charge >= 0.3 is 0 Å². The van der Waals surface area contributed by atoms with Crippen LogP contribution in [0.1, 0.15) is 15.9 Å². The average Bonchev–Trinajstić information content (AvgIpc) is 2.72. The van der Waals surface area contributed by atoms with Gasteiger partial charge in [-0.25, -0.2) is 17.1 Å². The first kappa shape index (κ1) is 16.1. The van der Waals surface area contributed by atoms with Gasteiger partial charge in [0.15, 0.2) is 0 Å². The fourth-order valence-corrected chi connectivity index (χ4v) is 3.95. The molecular weight excluding hydrogens is 335 g/mol. The second-order valence-electron chi connectivity index (χ2n) is 5.34. The van der Waals surface area contributed by atoms with E-state index >= 15 is 0 Å². The molecule has 8 heteroatoms. The van der Waals surface area contributed by atoms with E-state index in [4.69, 9.17) is 0 Å². The number of fused-ring (bicyclic) bond motifs is 1. The molecule has 6 nitrogen and oxygen atoms in total. The van der Waals surface area contributed by atoms with E-state index in [9.17, 15) is 22.4 Å². The molecule has 24 heavy (non-hydrogen) atoms. The van der Waals surface area contributed by atoms with Crippen molar-refractivity contribution in [1.82, 2.24) is 4.31 Å². The Bertz CT molecular complexity index is 956. The summed E-state index contributed by atoms with van der Waals surface area (Å²) in [5.41, 5.74) is 0.622. The first-order valence-corrected chi connectivity index (χ1v) is 8.47. The summed E-state index contributed by atoms with van der Waals surface area (Å²) in [5, 5.41) is 2.28. The second-order valence-corrected chi connectivity index (χ2v) is 7.18. The third-order valence-corrected chi connectivity index (χ3v) is 5.38. The number of halogens is 1. The van der Waals surface area contributed by atoms with Crippen molar-refractivity contribution in [2.75, 3.05) is 11.9 Å². The molecule has 0 bridgehead atoms. The minimum absolute atomic E-state index is 0.0202. The number of amides is 2. The number of carbonyl (C=O) groups excluding carboxylic acids is 2. The molecule has 3 rings (SSSR count). The number of hydrogen-bond acceptors (Lipinski definition) is 4. The molecule has 0 aromatic heterocycles. The van der Waals surface area contributed by atoms with E-state index in [1.165, 1.54) is 36.4 Å². The Morgan fingerprint density at radius 2 is 1.92 bits per heavy atom. The molecule has 1 aliphatic heterocycles. The van der Waals surface area contributed by atoms with Gasteiger partial charge in [-0.2, -0.15) is 0 Å². The smallest absolute Gasteiger partial charge is 0.269 e. The van der Waals surface area contributed by atoms with Gasteiger partial charge in [-0.3, -0.25) is 9.59 Å². The maximum absolute atomic E-state index is 13.8. The van der Waals surface area contributed by atoms with E-state index in [-0.39, 0.29) is 16.1 Å². The van der Waals surface area contributed by atoms with E-state index in [2.05, 4.69) is 5.32 Å². The van der Waals surface area contributed by atoms with Gasteiger partial charge in [0.1, 0.15) is 17.3 Å². The molecule has 0 atom stereocenters. The average molecular weight is 348 g/mol. The van der Waals surface area contributed by atoms with Crippen LogP contribution < -0.4 is 5.32 Å². The van der Waals surface area contributed by atoms with Gasteiger partial charge in [-0.1, -0.05) is 18.2 Å². The molecule has 0 unspecified atom stereocenters. The van der Waals surface area contributed by atoms with Crippen molar-refractivity contribution >= 4 is 27.5 Å². The zero-order valence-corrected chi connectivity index (χ0v) is 13.4. The molecule has 1 N–H and O–H groups in total. The lowest BCUT2D eigenvalue weighted by Gasteiger charge is -2.15. The number of rotatable bonds is 3. The quantitative estimate of drug-likeness (QED) is 0.918. The predicted molar refractivity (Wildman–Crippen MR) is 84.4 cm³/mol. The Balaban J connectivity index is 1.82. The van der Waals surface area contributed by atoms with Crippen LogP contribution in [0.15, 0.2) is 47.4 Å². The molecule has 2 amide bonds. The summed E-state index contributed by atoms with van der Waals surface area (Å²) in [6.45, 7) is 0.977. The summed E-state index contributed by atoms with van der Waals surface area (Å²) < 4.78 is 38.9. The molecule has 1 aliphatic rings. The number of sulfonamides is 1. The Kier molecular flexibility index (Phi) is 3.84. The van der Waals surface area contributed by atoms with Crippen molar-refractivity contribution in [3.05, 3.63) is 59.4 Å². The second kappa shape index (κ2) is 5.72. The third kappa shape index (κ3) is 2.65. The monoisotopic (exact) mass is 348 g/mol. The zero-order valence-electron chi connectivity index (χ0n) is 12.6. The number of aryl methyl sites for hydroxylation is 1. The first-order chi connectivity index (χ1) is 11.3. The van der Waals surface area contributed by atoms with Gasteiger partial charge in [0, 0.05) is 0 Å². The molecule has 0 fully saturated rings. The van der Waals surface area contributed by atoms with Crippen LogP contribution in [-0.2, 0) is 14.8 Å². The van der Waals surface area contributed by atoms with Crippen LogP contribution in [0.5, 0.6) is 0 Å². The van der Waals surface area contributed by atoms with Crippen LogP contribution in [0.3, 0.4) is 0 Å². The summed E-state index contributed by atoms with van der Waals surface area (Å²) in [5.74, 6) is -2.21. The zero-order chi connectivity index (χ0) is 17.5. The van der Waals surface area contributed by atoms with Crippen molar-refractivity contribution in [3.8, 4) is 0 Å². The third-order valence-electron chi connectivity index (χ3n) is 3.60. The van der Waals surface area contributed by atoms with Crippen LogP contribution in [-0.4, -0.2) is 31.1 Å². The van der Waals surface area contributed by atoms with Crippen molar-refractivity contribution in [1.29, 1.82) is 0 Å². The summed E-state index contributed by atoms with van der Waals surface area (Å²) in [7, 11) is -4.07. The standard InChI is InChI=1S/C16H13FN2O4S/c1-10-6-7-13(12(17)8-10)18-15(20)9-19-16(21)11-4-2-3-5-14(11)24(19,22)23/h2-8H,9H2,1H3,(H,18,20). The topological polar surface area (TPSA) is 83.6 Å². The van der Waals surface area contributed by atoms with E-state index < -0.39 is 34.2 Å². The van der Waals surface area contributed by atoms with E-state index in [1.54, 1.807) is 13.0 Å². The van der Waals surface area contributed by atoms with Gasteiger partial charge in [0.2, 0.25) is 5.91 Å². The number of nitrogens with one attached hydrogen (secondary N) is 1. The Hall–Kier alpha value is -2.74. The Morgan fingerprint density at radius 1 is 1.21 bits per heavy atom. The lowest BCUT2D eigenvalue weighted by atomic mass is 10.2. The number of hydrogen-bond donors (Lipinski definition) is 1. The summed E-state index contributed by atoms with van der Waals surface area (Å²) in [6.07, 6.45) is 0. The van der Waals surface area contributed by atoms with Gasteiger partial charge < -0.3 is 5.32 Å². The normalized spacial score (nSPS) is 15.2. The van der Waals surface area contributed by atoms with Gasteiger partial charge in [-0.05, 0) is 36.8 Å². The molecule has 0 radical (unpaired) electrons. The van der Waals surface area contributed by atoms with Crippen LogP contribution in [0.25, 0.3) is 0 Å². The SMILES string of the molecule is Cc1ccc(NC(=O)CN2C(=O)c3ccccc3S2(=O)=O)c(F)c1. The summed E-state index contributed by atoms with van der Waals surface area (Å²) >= 11 is 0. The van der Waals surface area contributed by atoms with Crippen LogP contribution in [0.2, 0.25) is 0 Å². The van der Waals surface area contributed by atoms with Crippen molar-refractivity contribution < 1.29 is 22.4 Å². The first-order valence-electron chi connectivity index (χ1n) is 7.03. The highest BCUT2D eigenvalue weighted by atomic mass is 32.2. The number of anilines is 1. The van der Waals surface area contributed by atoms with Crippen molar-refractivity contribution in [3.63, 3.8) is 0 Å². The van der Waals surface area contributed by atoms with E-state index in [0.717, 1.165) is 0 Å². The Morgan fingerprint density at radius 3 is 2.58 bits per heavy atom. The minimum Gasteiger partial charge on any atom is -0.322 e. The molecule has 124 valence electrons. The van der Waals surface area contributed by atoms with Gasteiger partial charge in [0.25, 0.3) is 15.9 Å². The van der Waals surface area contributed by atoms with Crippen LogP contribution in [0.4, 0.5) is 10.1 Å². The number of benzene rings is 2. The highest BCUT2D eigenvalue weighted by molar-refractivity contribution is 7.90. The van der Waals surface area contributed by atoms with Crippen LogP contribution in [0, 0.1) is 12.7 Å². The maximum Gasteiger partial charge on any atom is 0.269 e. The lowest BCUT2D eigenvalue weighted by molar-refractivity contribution is -0.116. The molecule has 2 aromatic rings. The lowest BCUT2D eigenvalue weighted by Crippen LogP contribution is -2.37. The van der Waals surface area contributed by atoms with Crippen LogP contribution >= 0.6 is 0 Å². The maximum atomic E-state index is 13.8. The van der Waals surface area contributed by atoms with Crippen molar-refractivity contribution in [2.45, 2.75) is 11.8 Å². The predicted octanol–water partition coefficient (Wildman–Crippen LogP) is 1.92. The van der Waals surface area contributed by atoms with Gasteiger partial charge in [0.05, 0.1) is 11.3 Å². The number of carbonyl (C=O) groups is 2. The highest BCUT2D eigenvalue weighted by Gasteiger charge is 2.41. The highest BCUT2D eigenvalue weighted by Crippen LogP contribution is 2.29. The Labute approximate surface area is 138 Å². The summed E-state index contributed by atoms with van der Waals surface area (Å²) in [4.78, 5) is 24.1. The molecule has 0 spiro atoms. The molecule has 0 saturated heterocycles. The largest absolute Gasteiger partial charge is 0.322 e. The molecular formula is C16H13FN2O4S. The van der Waals surface area contributed by atoms with Gasteiger partial charge in [-0.15, -0.1) is 0 Å². The number of nitrogens with zero attached hydrogens (tertiary/aromatic N) is 1. The molecule has 1 heterocycles. The molecule has 2 aromatic carbocycles. The van der Waals surface area contributed by atoms with E-state index in [1.807, 2.05) is 0 Å². The molecule has 0 saturated carbocycles. The van der Waals surface area contributed by atoms with Crippen molar-refractivity contribution in [2.24, 2.45) is 0 Å². The minimum atomic E-state index is -4.07. The fourth-order valence-electron chi connectivity index (χ4n) is 2.43.